The zero-order valence-electron chi connectivity index (χ0n) is 32.9. The van der Waals surface area contributed by atoms with E-state index in [0.717, 1.165) is 57.5 Å². The number of anilines is 4. The van der Waals surface area contributed by atoms with Crippen molar-refractivity contribution < 1.29 is 14.7 Å². The molecule has 1 aliphatic rings. The second-order valence-corrected chi connectivity index (χ2v) is 14.5. The van der Waals surface area contributed by atoms with Crippen molar-refractivity contribution in [3.63, 3.8) is 0 Å². The molecule has 0 aliphatic heterocycles. The van der Waals surface area contributed by atoms with Crippen LogP contribution in [-0.4, -0.2) is 17.9 Å². The van der Waals surface area contributed by atoms with Gasteiger partial charge in [-0.25, -0.2) is 0 Å². The summed E-state index contributed by atoms with van der Waals surface area (Å²) in [5.41, 5.74) is 14.4. The fourth-order valence-electron chi connectivity index (χ4n) is 7.68. The highest BCUT2D eigenvalue weighted by atomic mass is 16.6. The molecule has 0 spiro atoms. The van der Waals surface area contributed by atoms with Crippen LogP contribution in [0.2, 0.25) is 0 Å². The maximum atomic E-state index is 13.4. The van der Waals surface area contributed by atoms with Crippen molar-refractivity contribution in [1.82, 2.24) is 0 Å². The van der Waals surface area contributed by atoms with Gasteiger partial charge < -0.3 is 10.0 Å². The van der Waals surface area contributed by atoms with Crippen LogP contribution in [0.1, 0.15) is 32.6 Å². The van der Waals surface area contributed by atoms with Gasteiger partial charge in [0, 0.05) is 46.2 Å². The molecular weight excluding hydrogens is 745 g/mol. The number of para-hydroxylation sites is 2. The molecule has 0 radical (unpaired) electrons. The highest BCUT2D eigenvalue weighted by Crippen LogP contribution is 2.42. The van der Waals surface area contributed by atoms with Crippen LogP contribution in [0.5, 0.6) is 5.75 Å². The molecule has 0 heterocycles. The third-order valence-corrected chi connectivity index (χ3v) is 10.6. The van der Waals surface area contributed by atoms with Gasteiger partial charge in [-0.3, -0.25) is 15.1 Å². The molecule has 9 nitrogen and oxygen atoms in total. The number of carbonyl (C=O) groups excluding carboxylic acids is 1. The van der Waals surface area contributed by atoms with Gasteiger partial charge in [0.05, 0.1) is 17.1 Å². The number of aromatic hydroxyl groups is 1. The minimum atomic E-state index is -0.101. The zero-order chi connectivity index (χ0) is 40.8. The number of hydrogen-bond donors (Lipinski definition) is 2. The first-order valence-electron chi connectivity index (χ1n) is 19.8. The smallest absolute Gasteiger partial charge is 0.194 e. The van der Waals surface area contributed by atoms with Gasteiger partial charge >= 0.3 is 0 Å². The molecular formula is C51H40N6O3. The fourth-order valence-corrected chi connectivity index (χ4v) is 7.68. The van der Waals surface area contributed by atoms with Crippen LogP contribution in [0, 0.1) is 0 Å². The summed E-state index contributed by atoms with van der Waals surface area (Å²) < 4.78 is 0. The van der Waals surface area contributed by atoms with E-state index in [9.17, 15) is 9.90 Å². The Kier molecular flexibility index (Phi) is 10.7. The van der Waals surface area contributed by atoms with Gasteiger partial charge in [0.1, 0.15) is 18.0 Å². The molecule has 9 rings (SSSR count). The molecule has 0 saturated heterocycles. The Morgan fingerprint density at radius 3 is 1.87 bits per heavy atom. The molecule has 0 saturated carbocycles. The summed E-state index contributed by atoms with van der Waals surface area (Å²) >= 11 is 0. The molecule has 0 atom stereocenters. The number of azo groups is 2. The summed E-state index contributed by atoms with van der Waals surface area (Å²) in [5, 5.41) is 30.0. The van der Waals surface area contributed by atoms with Gasteiger partial charge in [-0.1, -0.05) is 97.1 Å². The summed E-state index contributed by atoms with van der Waals surface area (Å²) in [5.74, 6) is -0.131. The maximum Gasteiger partial charge on any atom is 0.194 e. The number of nitrogens with zero attached hydrogens (tertiary/aromatic N) is 5. The Balaban J connectivity index is 0.860. The van der Waals surface area contributed by atoms with Crippen molar-refractivity contribution in [2.75, 3.05) is 17.4 Å². The van der Waals surface area contributed by atoms with Crippen molar-refractivity contribution >= 4 is 56.4 Å². The molecule has 2 N–H and O–H groups in total. The van der Waals surface area contributed by atoms with Gasteiger partial charge in [0.25, 0.3) is 0 Å². The van der Waals surface area contributed by atoms with Crippen LogP contribution >= 0.6 is 0 Å². The van der Waals surface area contributed by atoms with Crippen LogP contribution < -0.4 is 10.4 Å². The Morgan fingerprint density at radius 2 is 1.18 bits per heavy atom. The first kappa shape index (κ1) is 37.8. The second kappa shape index (κ2) is 17.0. The maximum absolute atomic E-state index is 13.4. The van der Waals surface area contributed by atoms with Crippen LogP contribution in [-0.2, 0) is 24.3 Å². The third kappa shape index (κ3) is 7.90. The number of hydrogen-bond acceptors (Lipinski definition) is 9. The van der Waals surface area contributed by atoms with E-state index < -0.39 is 0 Å². The van der Waals surface area contributed by atoms with E-state index in [1.54, 1.807) is 19.2 Å². The SMILES string of the molecule is CN=Nc1ccc2c(c1)C(=O)c1cc(N=Nc3c(O)c(CONc4cccc(CCc5ccc(N(c6ccccc6)c6ccccc6)cc5)c4)cc4ccccc34)ccc1-2. The quantitative estimate of drug-likeness (QED) is 0.0893. The highest BCUT2D eigenvalue weighted by molar-refractivity contribution is 6.22. The lowest BCUT2D eigenvalue weighted by Crippen LogP contribution is -2.09. The summed E-state index contributed by atoms with van der Waals surface area (Å²) in [4.78, 5) is 21.6. The molecule has 60 heavy (non-hydrogen) atoms. The predicted octanol–water partition coefficient (Wildman–Crippen LogP) is 13.7. The molecule has 1 aliphatic carbocycles. The largest absolute Gasteiger partial charge is 0.505 e. The minimum absolute atomic E-state index is 0.0306. The Hall–Kier alpha value is -7.75. The van der Waals surface area contributed by atoms with Gasteiger partial charge in [-0.05, 0) is 119 Å². The summed E-state index contributed by atoms with van der Waals surface area (Å²) in [6.07, 6.45) is 1.74. The number of phenolic OH excluding ortho intramolecular Hbond substituents is 1. The lowest BCUT2D eigenvalue weighted by molar-refractivity contribution is 0.104. The second-order valence-electron chi connectivity index (χ2n) is 14.5. The summed E-state index contributed by atoms with van der Waals surface area (Å²) in [6, 6.07) is 58.2. The Bertz CT molecular complexity index is 2860. The summed E-state index contributed by atoms with van der Waals surface area (Å²) in [7, 11) is 1.59. The van der Waals surface area contributed by atoms with E-state index in [1.807, 2.05) is 78.9 Å². The van der Waals surface area contributed by atoms with Crippen molar-refractivity contribution in [2.24, 2.45) is 20.5 Å². The number of carbonyl (C=O) groups is 1. The van der Waals surface area contributed by atoms with E-state index in [1.165, 1.54) is 11.1 Å². The normalized spacial score (nSPS) is 12.0. The van der Waals surface area contributed by atoms with Crippen molar-refractivity contribution in [3.05, 3.63) is 204 Å². The Labute approximate surface area is 348 Å². The van der Waals surface area contributed by atoms with E-state index in [-0.39, 0.29) is 18.1 Å². The van der Waals surface area contributed by atoms with Gasteiger partial charge in [0.15, 0.2) is 5.78 Å². The average Bonchev–Trinajstić information content (AvgIpc) is 3.56. The van der Waals surface area contributed by atoms with Crippen molar-refractivity contribution in [1.29, 1.82) is 0 Å². The zero-order valence-corrected chi connectivity index (χ0v) is 32.9. The van der Waals surface area contributed by atoms with Crippen LogP contribution in [0.15, 0.2) is 196 Å². The molecule has 0 fully saturated rings. The van der Waals surface area contributed by atoms with E-state index in [2.05, 4.69) is 116 Å². The van der Waals surface area contributed by atoms with E-state index >= 15 is 0 Å². The number of ketones is 1. The first-order chi connectivity index (χ1) is 29.5. The summed E-state index contributed by atoms with van der Waals surface area (Å²) in [6.45, 7) is 0.0733. The molecule has 0 bridgehead atoms. The minimum Gasteiger partial charge on any atom is -0.505 e. The molecule has 0 unspecified atom stereocenters. The van der Waals surface area contributed by atoms with Gasteiger partial charge in [-0.15, -0.1) is 5.11 Å². The van der Waals surface area contributed by atoms with E-state index in [0.29, 0.717) is 33.8 Å². The molecule has 8 aromatic carbocycles. The standard InChI is InChI=1S/C51H40N6O3/c1-52-53-38-23-27-45-46-28-24-39(32-48(46)51(59)47(45)31-38)54-55-49-44-18-9-8-12-36(44)30-37(50(49)58)33-60-56-40-13-10-11-35(29-40)20-19-34-21-25-43(26-22-34)57(41-14-4-2-5-15-41)42-16-6-3-7-17-42/h2-18,21-32,56,58H,19-20,33H2,1H3. The number of benzene rings is 8. The predicted molar refractivity (Wildman–Crippen MR) is 239 cm³/mol. The third-order valence-electron chi connectivity index (χ3n) is 10.6. The molecule has 9 heteroatoms. The highest BCUT2D eigenvalue weighted by Gasteiger charge is 2.27. The average molecular weight is 785 g/mol. The monoisotopic (exact) mass is 784 g/mol. The van der Waals surface area contributed by atoms with Crippen molar-refractivity contribution in [2.45, 2.75) is 19.4 Å². The molecule has 8 aromatic rings. The first-order valence-corrected chi connectivity index (χ1v) is 19.8. The molecule has 292 valence electrons. The van der Waals surface area contributed by atoms with Gasteiger partial charge in [-0.2, -0.15) is 15.3 Å². The van der Waals surface area contributed by atoms with Crippen LogP contribution in [0.25, 0.3) is 21.9 Å². The molecule has 0 aromatic heterocycles. The lowest BCUT2D eigenvalue weighted by atomic mass is 10.0. The fraction of sp³-hybridized carbons (Fsp3) is 0.0784. The number of aryl methyl sites for hydroxylation is 2. The number of fused-ring (bicyclic) bond motifs is 4. The lowest BCUT2D eigenvalue weighted by Gasteiger charge is -2.25. The van der Waals surface area contributed by atoms with Gasteiger partial charge in [0.2, 0.25) is 0 Å². The van der Waals surface area contributed by atoms with E-state index in [4.69, 9.17) is 4.84 Å². The van der Waals surface area contributed by atoms with Crippen molar-refractivity contribution in [3.8, 4) is 16.9 Å². The number of nitrogens with one attached hydrogen (secondary N) is 1. The topological polar surface area (TPSA) is 111 Å². The van der Waals surface area contributed by atoms with Crippen LogP contribution in [0.4, 0.5) is 39.8 Å². The molecule has 0 amide bonds. The Morgan fingerprint density at radius 1 is 0.567 bits per heavy atom. The van der Waals surface area contributed by atoms with Crippen LogP contribution in [0.3, 0.4) is 0 Å². The number of rotatable bonds is 13. The number of phenols is 1.